The van der Waals surface area contributed by atoms with Crippen molar-refractivity contribution in [3.63, 3.8) is 0 Å². The van der Waals surface area contributed by atoms with Gasteiger partial charge in [0.2, 0.25) is 0 Å². The summed E-state index contributed by atoms with van der Waals surface area (Å²) in [4.78, 5) is 2.40. The van der Waals surface area contributed by atoms with Crippen molar-refractivity contribution in [3.8, 4) is 44.5 Å². The van der Waals surface area contributed by atoms with Gasteiger partial charge in [0, 0.05) is 16.8 Å². The van der Waals surface area contributed by atoms with Gasteiger partial charge < -0.3 is 4.90 Å². The number of anilines is 3. The van der Waals surface area contributed by atoms with Crippen molar-refractivity contribution in [3.05, 3.63) is 212 Å². The van der Waals surface area contributed by atoms with Gasteiger partial charge in [0.1, 0.15) is 0 Å². The molecule has 0 atom stereocenters. The average Bonchev–Trinajstić information content (AvgIpc) is 3.22. The highest BCUT2D eigenvalue weighted by Gasteiger charge is 2.17. The van der Waals surface area contributed by atoms with E-state index in [0.717, 1.165) is 17.1 Å². The van der Waals surface area contributed by atoms with Gasteiger partial charge in [-0.2, -0.15) is 0 Å². The van der Waals surface area contributed by atoms with E-state index >= 15 is 0 Å². The molecule has 0 unspecified atom stereocenters. The maximum absolute atomic E-state index is 2.40. The molecule has 9 aromatic rings. The molecule has 0 aliphatic carbocycles. The van der Waals surface area contributed by atoms with Gasteiger partial charge in [-0.05, 0) is 110 Å². The lowest BCUT2D eigenvalue weighted by atomic mass is 9.91. The van der Waals surface area contributed by atoms with E-state index < -0.39 is 0 Å². The molecule has 9 aromatic carbocycles. The first-order valence-corrected chi connectivity index (χ1v) is 17.9. The van der Waals surface area contributed by atoms with Crippen LogP contribution in [-0.2, 0) is 0 Å². The Bertz CT molecular complexity index is 2650. The van der Waals surface area contributed by atoms with Gasteiger partial charge in [-0.25, -0.2) is 0 Å². The Kier molecular flexibility index (Phi) is 8.15. The molecule has 0 fully saturated rings. The van der Waals surface area contributed by atoms with Gasteiger partial charge in [-0.15, -0.1) is 0 Å². The molecule has 0 saturated heterocycles. The number of benzene rings is 9. The van der Waals surface area contributed by atoms with Crippen LogP contribution in [0.5, 0.6) is 0 Å². The highest BCUT2D eigenvalue weighted by Crippen LogP contribution is 2.42. The second-order valence-electron chi connectivity index (χ2n) is 13.4. The Morgan fingerprint density at radius 2 is 0.827 bits per heavy atom. The van der Waals surface area contributed by atoms with E-state index in [1.54, 1.807) is 0 Å². The normalized spacial score (nSPS) is 11.2. The van der Waals surface area contributed by atoms with Crippen LogP contribution in [0.1, 0.15) is 5.56 Å². The van der Waals surface area contributed by atoms with Crippen LogP contribution in [0.25, 0.3) is 66.1 Å². The van der Waals surface area contributed by atoms with Crippen LogP contribution in [0.4, 0.5) is 17.1 Å². The Morgan fingerprint density at radius 1 is 0.308 bits per heavy atom. The van der Waals surface area contributed by atoms with Gasteiger partial charge in [0.15, 0.2) is 0 Å². The average molecular weight is 664 g/mol. The molecule has 9 rings (SSSR count). The van der Waals surface area contributed by atoms with Crippen molar-refractivity contribution in [2.75, 3.05) is 4.90 Å². The lowest BCUT2D eigenvalue weighted by Gasteiger charge is -2.28. The number of aryl methyl sites for hydroxylation is 1. The Hall–Kier alpha value is -6.70. The second kappa shape index (κ2) is 13.5. The zero-order valence-corrected chi connectivity index (χ0v) is 29.1. The predicted octanol–water partition coefficient (Wildman–Crippen LogP) is 14.4. The third kappa shape index (κ3) is 5.83. The van der Waals surface area contributed by atoms with Gasteiger partial charge in [0.05, 0.1) is 5.69 Å². The van der Waals surface area contributed by atoms with Crippen molar-refractivity contribution in [2.45, 2.75) is 6.92 Å². The summed E-state index contributed by atoms with van der Waals surface area (Å²) in [5, 5.41) is 5.01. The molecule has 0 saturated carbocycles. The van der Waals surface area contributed by atoms with Crippen molar-refractivity contribution < 1.29 is 0 Å². The van der Waals surface area contributed by atoms with E-state index in [9.17, 15) is 0 Å². The van der Waals surface area contributed by atoms with Crippen LogP contribution in [0.15, 0.2) is 206 Å². The van der Waals surface area contributed by atoms with E-state index in [0.29, 0.717) is 0 Å². The van der Waals surface area contributed by atoms with Gasteiger partial charge in [-0.1, -0.05) is 170 Å². The van der Waals surface area contributed by atoms with Crippen LogP contribution in [0.3, 0.4) is 0 Å². The molecule has 0 radical (unpaired) electrons. The standard InChI is InChI=1S/C51H37N/c1-36-23-34-51(49-21-11-10-19-45(36)49)52(44-31-26-41(27-32-44)47-22-12-18-39-17-8-9-20-46(39)47)43-29-24-37(25-30-43)42-28-33-48(38-13-4-2-5-14-38)50(35-42)40-15-6-3-7-16-40/h2-35H,1H3. The smallest absolute Gasteiger partial charge is 0.0540 e. The number of hydrogen-bond acceptors (Lipinski definition) is 1. The lowest BCUT2D eigenvalue weighted by molar-refractivity contribution is 1.29. The van der Waals surface area contributed by atoms with Gasteiger partial charge in [-0.3, -0.25) is 0 Å². The van der Waals surface area contributed by atoms with E-state index in [4.69, 9.17) is 0 Å². The molecule has 52 heavy (non-hydrogen) atoms. The molecule has 0 heterocycles. The molecule has 0 bridgehead atoms. The molecule has 0 aliphatic rings. The van der Waals surface area contributed by atoms with Crippen LogP contribution in [0, 0.1) is 6.92 Å². The molecule has 0 aromatic heterocycles. The zero-order chi connectivity index (χ0) is 34.9. The number of rotatable bonds is 7. The van der Waals surface area contributed by atoms with Crippen LogP contribution < -0.4 is 4.90 Å². The molecular weight excluding hydrogens is 627 g/mol. The first-order chi connectivity index (χ1) is 25.7. The third-order valence-electron chi connectivity index (χ3n) is 10.2. The number of nitrogens with zero attached hydrogens (tertiary/aromatic N) is 1. The van der Waals surface area contributed by atoms with Crippen LogP contribution >= 0.6 is 0 Å². The first kappa shape index (κ1) is 31.3. The van der Waals surface area contributed by atoms with Crippen molar-refractivity contribution >= 4 is 38.6 Å². The van der Waals surface area contributed by atoms with Crippen LogP contribution in [0.2, 0.25) is 0 Å². The summed E-state index contributed by atoms with van der Waals surface area (Å²) >= 11 is 0. The monoisotopic (exact) mass is 663 g/mol. The van der Waals surface area contributed by atoms with Crippen molar-refractivity contribution in [1.29, 1.82) is 0 Å². The van der Waals surface area contributed by atoms with Crippen molar-refractivity contribution in [1.82, 2.24) is 0 Å². The molecular formula is C51H37N. The van der Waals surface area contributed by atoms with E-state index in [-0.39, 0.29) is 0 Å². The molecule has 0 spiro atoms. The quantitative estimate of drug-likeness (QED) is 0.164. The van der Waals surface area contributed by atoms with E-state index in [1.807, 2.05) is 0 Å². The zero-order valence-electron chi connectivity index (χ0n) is 29.1. The van der Waals surface area contributed by atoms with Gasteiger partial charge >= 0.3 is 0 Å². The SMILES string of the molecule is Cc1ccc(N(c2ccc(-c3ccc(-c4ccccc4)c(-c4ccccc4)c3)cc2)c2ccc(-c3cccc4ccccc34)cc2)c2ccccc12. The molecule has 1 heteroatoms. The molecule has 0 amide bonds. The Labute approximate surface area is 305 Å². The summed E-state index contributed by atoms with van der Waals surface area (Å²) < 4.78 is 0. The summed E-state index contributed by atoms with van der Waals surface area (Å²) in [7, 11) is 0. The highest BCUT2D eigenvalue weighted by atomic mass is 15.1. The maximum atomic E-state index is 2.40. The third-order valence-corrected chi connectivity index (χ3v) is 10.2. The number of hydrogen-bond donors (Lipinski definition) is 0. The topological polar surface area (TPSA) is 3.24 Å². The summed E-state index contributed by atoms with van der Waals surface area (Å²) in [6.07, 6.45) is 0. The maximum Gasteiger partial charge on any atom is 0.0540 e. The predicted molar refractivity (Wildman–Crippen MR) is 223 cm³/mol. The first-order valence-electron chi connectivity index (χ1n) is 17.9. The fraction of sp³-hybridized carbons (Fsp3) is 0.0196. The van der Waals surface area contributed by atoms with Gasteiger partial charge in [0.25, 0.3) is 0 Å². The Balaban J connectivity index is 1.14. The fourth-order valence-electron chi connectivity index (χ4n) is 7.58. The lowest BCUT2D eigenvalue weighted by Crippen LogP contribution is -2.10. The minimum Gasteiger partial charge on any atom is -0.310 e. The highest BCUT2D eigenvalue weighted by molar-refractivity contribution is 6.01. The van der Waals surface area contributed by atoms with Crippen LogP contribution in [-0.4, -0.2) is 0 Å². The molecule has 0 aliphatic heterocycles. The molecule has 1 nitrogen and oxygen atoms in total. The summed E-state index contributed by atoms with van der Waals surface area (Å²) in [6.45, 7) is 2.19. The minimum absolute atomic E-state index is 1.11. The summed E-state index contributed by atoms with van der Waals surface area (Å²) in [5.74, 6) is 0. The Morgan fingerprint density at radius 3 is 1.52 bits per heavy atom. The largest absolute Gasteiger partial charge is 0.310 e. The van der Waals surface area contributed by atoms with E-state index in [1.165, 1.54) is 71.6 Å². The summed E-state index contributed by atoms with van der Waals surface area (Å²) in [5.41, 5.74) is 14.4. The molecule has 246 valence electrons. The molecule has 0 N–H and O–H groups in total. The summed E-state index contributed by atoms with van der Waals surface area (Å²) in [6, 6.07) is 74.7. The fourth-order valence-corrected chi connectivity index (χ4v) is 7.58. The van der Waals surface area contributed by atoms with Crippen molar-refractivity contribution in [2.24, 2.45) is 0 Å². The second-order valence-corrected chi connectivity index (χ2v) is 13.4. The van der Waals surface area contributed by atoms with E-state index in [2.05, 4.69) is 218 Å². The number of fused-ring (bicyclic) bond motifs is 2. The minimum atomic E-state index is 1.11.